The summed E-state index contributed by atoms with van der Waals surface area (Å²) in [5, 5.41) is 0. The van der Waals surface area contributed by atoms with Gasteiger partial charge in [0, 0.05) is 0 Å². The van der Waals surface area contributed by atoms with Crippen molar-refractivity contribution in [1.29, 1.82) is 0 Å². The van der Waals surface area contributed by atoms with Gasteiger partial charge in [0.25, 0.3) is 0 Å². The highest BCUT2D eigenvalue weighted by Crippen LogP contribution is 2.34. The average Bonchev–Trinajstić information content (AvgIpc) is 2.91. The molecule has 3 aromatic rings. The van der Waals surface area contributed by atoms with Crippen LogP contribution in [0, 0.1) is 0 Å². The van der Waals surface area contributed by atoms with Crippen LogP contribution in [0.2, 0.25) is 0 Å². The molecule has 1 heterocycles. The van der Waals surface area contributed by atoms with Crippen LogP contribution >= 0.6 is 0 Å². The molecule has 0 aromatic heterocycles. The van der Waals surface area contributed by atoms with Crippen molar-refractivity contribution in [3.05, 3.63) is 108 Å². The Hall–Kier alpha value is -2.54. The topological polar surface area (TPSA) is 62.9 Å². The van der Waals surface area contributed by atoms with E-state index in [1.54, 1.807) is 0 Å². The lowest BCUT2D eigenvalue weighted by Crippen LogP contribution is -2.64. The van der Waals surface area contributed by atoms with E-state index in [0.717, 1.165) is 23.1 Å². The van der Waals surface area contributed by atoms with Gasteiger partial charge in [0.2, 0.25) is 0 Å². The van der Waals surface area contributed by atoms with Gasteiger partial charge in [-0.05, 0) is 30.0 Å². The molecule has 5 atom stereocenters. The van der Waals surface area contributed by atoms with Crippen molar-refractivity contribution in [3.8, 4) is 0 Å². The fourth-order valence-corrected chi connectivity index (χ4v) is 4.49. The number of ether oxygens (including phenoxy) is 4. The number of rotatable bonds is 11. The van der Waals surface area contributed by atoms with Crippen LogP contribution in [0.15, 0.2) is 91.0 Å². The van der Waals surface area contributed by atoms with E-state index in [-0.39, 0.29) is 24.4 Å². The molecule has 0 spiro atoms. The first-order chi connectivity index (χ1) is 17.1. The van der Waals surface area contributed by atoms with Crippen molar-refractivity contribution < 1.29 is 18.9 Å². The Morgan fingerprint density at radius 2 is 1.20 bits per heavy atom. The Morgan fingerprint density at radius 1 is 0.743 bits per heavy atom. The van der Waals surface area contributed by atoms with E-state index >= 15 is 0 Å². The number of nitrogens with two attached hydrogens (primary N) is 1. The molecule has 1 unspecified atom stereocenters. The molecule has 35 heavy (non-hydrogen) atoms. The predicted molar refractivity (Wildman–Crippen MR) is 138 cm³/mol. The smallest absolute Gasteiger partial charge is 0.115 e. The van der Waals surface area contributed by atoms with Crippen LogP contribution in [0.3, 0.4) is 0 Å². The van der Waals surface area contributed by atoms with Crippen molar-refractivity contribution in [2.45, 2.75) is 70.0 Å². The van der Waals surface area contributed by atoms with Crippen molar-refractivity contribution >= 4 is 0 Å². The molecule has 1 saturated heterocycles. The molecular formula is C30H37NO4. The Labute approximate surface area is 209 Å². The molecule has 1 aliphatic rings. The largest absolute Gasteiger partial charge is 0.371 e. The van der Waals surface area contributed by atoms with E-state index in [0.29, 0.717) is 26.4 Å². The Morgan fingerprint density at radius 3 is 1.69 bits per heavy atom. The monoisotopic (exact) mass is 475 g/mol. The number of hydrogen-bond acceptors (Lipinski definition) is 5. The maximum absolute atomic E-state index is 6.54. The first-order valence-corrected chi connectivity index (χ1v) is 12.4. The van der Waals surface area contributed by atoms with Crippen molar-refractivity contribution in [3.63, 3.8) is 0 Å². The maximum atomic E-state index is 6.54. The van der Waals surface area contributed by atoms with Crippen LogP contribution in [-0.2, 0) is 38.8 Å². The summed E-state index contributed by atoms with van der Waals surface area (Å²) in [6.45, 7) is 6.02. The standard InChI is InChI=1S/C30H37NO4/c1-3-30(2,35-21-25-17-11-6-12-18-25)29-28(33-20-24-15-9-5-10-16-24)27(26(31)22-34-29)32-19-23-13-7-4-8-14-23/h4-18,26-29H,3,19-22,31H2,1-2H3/t26-,27-,28-,29-,30?/m1/s1. The van der Waals surface area contributed by atoms with Crippen LogP contribution < -0.4 is 5.73 Å². The van der Waals surface area contributed by atoms with Crippen molar-refractivity contribution in [2.24, 2.45) is 5.73 Å². The van der Waals surface area contributed by atoms with Gasteiger partial charge in [-0.3, -0.25) is 0 Å². The summed E-state index contributed by atoms with van der Waals surface area (Å²) in [4.78, 5) is 0. The predicted octanol–water partition coefficient (Wildman–Crippen LogP) is 5.27. The second kappa shape index (κ2) is 12.4. The molecule has 0 bridgehead atoms. The Balaban J connectivity index is 1.55. The van der Waals surface area contributed by atoms with Gasteiger partial charge >= 0.3 is 0 Å². The highest BCUT2D eigenvalue weighted by atomic mass is 16.6. The summed E-state index contributed by atoms with van der Waals surface area (Å²) >= 11 is 0. The minimum absolute atomic E-state index is 0.300. The van der Waals surface area contributed by atoms with Crippen molar-refractivity contribution in [1.82, 2.24) is 0 Å². The SMILES string of the molecule is CCC(C)(OCc1ccccc1)[C@@H]1OC[C@@H](N)[C@@H](OCc2ccccc2)[C@H]1OCc1ccccc1. The van der Waals surface area contributed by atoms with Gasteiger partial charge in [-0.15, -0.1) is 0 Å². The van der Waals surface area contributed by atoms with Gasteiger partial charge in [0.1, 0.15) is 18.3 Å². The molecule has 0 amide bonds. The molecular weight excluding hydrogens is 438 g/mol. The Kier molecular flexibility index (Phi) is 9.07. The minimum Gasteiger partial charge on any atom is -0.371 e. The molecule has 5 nitrogen and oxygen atoms in total. The fourth-order valence-electron chi connectivity index (χ4n) is 4.49. The summed E-state index contributed by atoms with van der Waals surface area (Å²) in [6.07, 6.45) is -0.288. The third-order valence-electron chi connectivity index (χ3n) is 6.80. The molecule has 5 heteroatoms. The summed E-state index contributed by atoms with van der Waals surface area (Å²) < 4.78 is 25.9. The van der Waals surface area contributed by atoms with Crippen LogP contribution in [0.25, 0.3) is 0 Å². The maximum Gasteiger partial charge on any atom is 0.115 e. The quantitative estimate of drug-likeness (QED) is 0.409. The third kappa shape index (κ3) is 6.78. The lowest BCUT2D eigenvalue weighted by molar-refractivity contribution is -0.249. The average molecular weight is 476 g/mol. The molecule has 0 saturated carbocycles. The number of hydrogen-bond donors (Lipinski definition) is 1. The van der Waals surface area contributed by atoms with Gasteiger partial charge in [0.05, 0.1) is 38.1 Å². The summed E-state index contributed by atoms with van der Waals surface area (Å²) in [7, 11) is 0. The molecule has 186 valence electrons. The lowest BCUT2D eigenvalue weighted by atomic mass is 9.85. The summed E-state index contributed by atoms with van der Waals surface area (Å²) in [5.41, 5.74) is 9.28. The highest BCUT2D eigenvalue weighted by Gasteiger charge is 2.49. The molecule has 1 fully saturated rings. The molecule has 1 aliphatic heterocycles. The van der Waals surface area contributed by atoms with E-state index in [1.165, 1.54) is 0 Å². The first-order valence-electron chi connectivity index (χ1n) is 12.4. The zero-order valence-electron chi connectivity index (χ0n) is 20.7. The lowest BCUT2D eigenvalue weighted by Gasteiger charge is -2.48. The van der Waals surface area contributed by atoms with Gasteiger partial charge in [0.15, 0.2) is 0 Å². The molecule has 4 rings (SSSR count). The van der Waals surface area contributed by atoms with Crippen molar-refractivity contribution in [2.75, 3.05) is 6.61 Å². The zero-order valence-corrected chi connectivity index (χ0v) is 20.7. The fraction of sp³-hybridized carbons (Fsp3) is 0.400. The molecule has 3 aromatic carbocycles. The third-order valence-corrected chi connectivity index (χ3v) is 6.80. The van der Waals surface area contributed by atoms with Gasteiger partial charge < -0.3 is 24.7 Å². The van der Waals surface area contributed by atoms with Crippen LogP contribution in [0.5, 0.6) is 0 Å². The summed E-state index contributed by atoms with van der Waals surface area (Å²) in [6, 6.07) is 30.2. The van der Waals surface area contributed by atoms with Gasteiger partial charge in [-0.2, -0.15) is 0 Å². The van der Waals surface area contributed by atoms with E-state index in [4.69, 9.17) is 24.7 Å². The van der Waals surface area contributed by atoms with E-state index in [9.17, 15) is 0 Å². The molecule has 0 radical (unpaired) electrons. The normalized spacial score (nSPS) is 24.1. The van der Waals surface area contributed by atoms with Crippen LogP contribution in [-0.4, -0.2) is 36.6 Å². The van der Waals surface area contributed by atoms with Crippen LogP contribution in [0.1, 0.15) is 37.0 Å². The minimum atomic E-state index is -0.578. The van der Waals surface area contributed by atoms with Crippen LogP contribution in [0.4, 0.5) is 0 Å². The zero-order chi connectivity index (χ0) is 24.5. The van der Waals surface area contributed by atoms with Gasteiger partial charge in [-0.1, -0.05) is 97.9 Å². The van der Waals surface area contributed by atoms with Gasteiger partial charge in [-0.25, -0.2) is 0 Å². The van der Waals surface area contributed by atoms with E-state index < -0.39 is 5.60 Å². The summed E-state index contributed by atoms with van der Waals surface area (Å²) in [5.74, 6) is 0. The van der Waals surface area contributed by atoms with E-state index in [1.807, 2.05) is 54.6 Å². The number of benzene rings is 3. The second-order valence-electron chi connectivity index (χ2n) is 9.38. The molecule has 0 aliphatic carbocycles. The first kappa shape index (κ1) is 25.5. The second-order valence-corrected chi connectivity index (χ2v) is 9.38. The molecule has 2 N–H and O–H groups in total. The highest BCUT2D eigenvalue weighted by molar-refractivity contribution is 5.16. The Bertz CT molecular complexity index is 1000. The van der Waals surface area contributed by atoms with E-state index in [2.05, 4.69) is 50.2 Å².